The maximum atomic E-state index is 10.9. The average molecular weight is 241 g/mol. The smallest absolute Gasteiger partial charge is 0.332 e. The van der Waals surface area contributed by atoms with E-state index in [1.807, 2.05) is 19.1 Å². The van der Waals surface area contributed by atoms with Crippen molar-refractivity contribution in [1.29, 1.82) is 0 Å². The number of carbonyl (C=O) groups is 1. The third kappa shape index (κ3) is 5.51. The molecule has 0 fully saturated rings. The molecule has 5 heteroatoms. The number of carbonyl (C=O) groups excluding carboxylic acids is 1. The Balaban J connectivity index is 2.03. The molecule has 1 rings (SSSR count). The summed E-state index contributed by atoms with van der Waals surface area (Å²) < 4.78 is 15.1. The van der Waals surface area contributed by atoms with Gasteiger partial charge in [-0.3, -0.25) is 0 Å². The number of esters is 1. The molecule has 0 bridgehead atoms. The van der Waals surface area contributed by atoms with Gasteiger partial charge in [0, 0.05) is 6.54 Å². The van der Waals surface area contributed by atoms with Crippen LogP contribution in [-0.2, 0) is 14.3 Å². The third-order valence-electron chi connectivity index (χ3n) is 2.19. The van der Waals surface area contributed by atoms with E-state index in [2.05, 4.69) is 5.32 Å². The molecule has 1 aromatic rings. The predicted molar refractivity (Wildman–Crippen MR) is 62.6 cm³/mol. The van der Waals surface area contributed by atoms with Crippen molar-refractivity contribution >= 4 is 5.97 Å². The first-order valence-electron chi connectivity index (χ1n) is 5.74. The van der Waals surface area contributed by atoms with Gasteiger partial charge in [-0.2, -0.15) is 0 Å². The van der Waals surface area contributed by atoms with Crippen molar-refractivity contribution in [3.63, 3.8) is 0 Å². The van der Waals surface area contributed by atoms with Gasteiger partial charge in [0.05, 0.1) is 25.5 Å². The first-order chi connectivity index (χ1) is 8.24. The zero-order valence-corrected chi connectivity index (χ0v) is 10.3. The molecule has 1 atom stereocenters. The zero-order chi connectivity index (χ0) is 12.5. The molecule has 0 radical (unpaired) electrons. The van der Waals surface area contributed by atoms with Crippen LogP contribution < -0.4 is 5.32 Å². The van der Waals surface area contributed by atoms with Crippen molar-refractivity contribution in [2.24, 2.45) is 0 Å². The number of nitrogens with one attached hydrogen (secondary N) is 1. The highest BCUT2D eigenvalue weighted by Gasteiger charge is 2.06. The molecule has 0 aromatic carbocycles. The summed E-state index contributed by atoms with van der Waals surface area (Å²) >= 11 is 0. The lowest BCUT2D eigenvalue weighted by Crippen LogP contribution is -2.24. The van der Waals surface area contributed by atoms with Crippen LogP contribution in [0.1, 0.15) is 25.6 Å². The number of furan rings is 1. The Bertz CT molecular complexity index is 310. The Kier molecular flexibility index (Phi) is 6.35. The SMILES string of the molecule is CCOC(=O)COCCN[C@@H](C)c1ccco1. The summed E-state index contributed by atoms with van der Waals surface area (Å²) in [5, 5.41) is 3.22. The van der Waals surface area contributed by atoms with Crippen LogP contribution in [0.5, 0.6) is 0 Å². The maximum Gasteiger partial charge on any atom is 0.332 e. The van der Waals surface area contributed by atoms with Gasteiger partial charge in [0.1, 0.15) is 12.4 Å². The quantitative estimate of drug-likeness (QED) is 0.552. The van der Waals surface area contributed by atoms with Gasteiger partial charge in [-0.1, -0.05) is 0 Å². The van der Waals surface area contributed by atoms with E-state index in [1.54, 1.807) is 13.2 Å². The van der Waals surface area contributed by atoms with E-state index in [4.69, 9.17) is 13.9 Å². The third-order valence-corrected chi connectivity index (χ3v) is 2.19. The number of hydrogen-bond donors (Lipinski definition) is 1. The summed E-state index contributed by atoms with van der Waals surface area (Å²) in [6.07, 6.45) is 1.64. The van der Waals surface area contributed by atoms with Gasteiger partial charge in [0.15, 0.2) is 0 Å². The normalized spacial score (nSPS) is 12.4. The fourth-order valence-corrected chi connectivity index (χ4v) is 1.34. The van der Waals surface area contributed by atoms with Crippen LogP contribution in [0.4, 0.5) is 0 Å². The largest absolute Gasteiger partial charge is 0.468 e. The lowest BCUT2D eigenvalue weighted by atomic mass is 10.2. The van der Waals surface area contributed by atoms with Crippen LogP contribution in [0.15, 0.2) is 22.8 Å². The Morgan fingerprint density at radius 3 is 3.06 bits per heavy atom. The Morgan fingerprint density at radius 1 is 1.59 bits per heavy atom. The minimum Gasteiger partial charge on any atom is -0.468 e. The number of hydrogen-bond acceptors (Lipinski definition) is 5. The molecule has 5 nitrogen and oxygen atoms in total. The van der Waals surface area contributed by atoms with Gasteiger partial charge in [-0.25, -0.2) is 4.79 Å². The van der Waals surface area contributed by atoms with Crippen molar-refractivity contribution < 1.29 is 18.7 Å². The Hall–Kier alpha value is -1.33. The molecule has 1 N–H and O–H groups in total. The molecule has 0 saturated heterocycles. The average Bonchev–Trinajstić information content (AvgIpc) is 2.82. The zero-order valence-electron chi connectivity index (χ0n) is 10.3. The van der Waals surface area contributed by atoms with Crippen molar-refractivity contribution in [1.82, 2.24) is 5.32 Å². The summed E-state index contributed by atoms with van der Waals surface area (Å²) in [5.74, 6) is 0.557. The molecule has 0 amide bonds. The molecule has 0 aliphatic rings. The van der Waals surface area contributed by atoms with Crippen LogP contribution in [0.2, 0.25) is 0 Å². The second-order valence-corrected chi connectivity index (χ2v) is 3.55. The minimum absolute atomic E-state index is 0.00462. The molecular weight excluding hydrogens is 222 g/mol. The predicted octanol–water partition coefficient (Wildman–Crippen LogP) is 1.51. The van der Waals surface area contributed by atoms with Crippen molar-refractivity contribution in [2.45, 2.75) is 19.9 Å². The van der Waals surface area contributed by atoms with E-state index < -0.39 is 0 Å². The van der Waals surface area contributed by atoms with Gasteiger partial charge in [0.25, 0.3) is 0 Å². The molecule has 1 heterocycles. The summed E-state index contributed by atoms with van der Waals surface area (Å²) in [5.41, 5.74) is 0. The summed E-state index contributed by atoms with van der Waals surface area (Å²) in [6.45, 7) is 5.28. The van der Waals surface area contributed by atoms with Gasteiger partial charge in [-0.15, -0.1) is 0 Å². The van der Waals surface area contributed by atoms with Gasteiger partial charge in [0.2, 0.25) is 0 Å². The van der Waals surface area contributed by atoms with Crippen LogP contribution in [-0.4, -0.2) is 32.3 Å². The first-order valence-corrected chi connectivity index (χ1v) is 5.74. The van der Waals surface area contributed by atoms with Gasteiger partial charge in [-0.05, 0) is 26.0 Å². The maximum absolute atomic E-state index is 10.9. The molecule has 0 saturated carbocycles. The Morgan fingerprint density at radius 2 is 2.41 bits per heavy atom. The summed E-state index contributed by atoms with van der Waals surface area (Å²) in [4.78, 5) is 10.9. The molecular formula is C12H19NO4. The fourth-order valence-electron chi connectivity index (χ4n) is 1.34. The molecule has 0 aliphatic heterocycles. The van der Waals surface area contributed by atoms with E-state index in [0.29, 0.717) is 19.8 Å². The van der Waals surface area contributed by atoms with E-state index in [-0.39, 0.29) is 18.6 Å². The molecule has 17 heavy (non-hydrogen) atoms. The van der Waals surface area contributed by atoms with Crippen molar-refractivity contribution in [3.05, 3.63) is 24.2 Å². The second kappa shape index (κ2) is 7.86. The van der Waals surface area contributed by atoms with E-state index in [0.717, 1.165) is 5.76 Å². The molecule has 0 spiro atoms. The van der Waals surface area contributed by atoms with Gasteiger partial charge >= 0.3 is 5.97 Å². The molecule has 0 unspecified atom stereocenters. The van der Waals surface area contributed by atoms with E-state index in [9.17, 15) is 4.79 Å². The molecule has 96 valence electrons. The lowest BCUT2D eigenvalue weighted by Gasteiger charge is -2.11. The highest BCUT2D eigenvalue weighted by atomic mass is 16.6. The molecule has 1 aromatic heterocycles. The monoisotopic (exact) mass is 241 g/mol. The number of rotatable bonds is 8. The van der Waals surface area contributed by atoms with Crippen molar-refractivity contribution in [2.75, 3.05) is 26.4 Å². The topological polar surface area (TPSA) is 60.7 Å². The first kappa shape index (κ1) is 13.7. The van der Waals surface area contributed by atoms with Crippen LogP contribution >= 0.6 is 0 Å². The van der Waals surface area contributed by atoms with Crippen molar-refractivity contribution in [3.8, 4) is 0 Å². The standard InChI is InChI=1S/C12H19NO4/c1-3-16-12(14)9-15-8-6-13-10(2)11-5-4-7-17-11/h4-5,7,10,13H,3,6,8-9H2,1-2H3/t10-/m0/s1. The summed E-state index contributed by atoms with van der Waals surface area (Å²) in [7, 11) is 0. The van der Waals surface area contributed by atoms with E-state index in [1.165, 1.54) is 0 Å². The van der Waals surface area contributed by atoms with E-state index >= 15 is 0 Å². The lowest BCUT2D eigenvalue weighted by molar-refractivity contribution is -0.148. The van der Waals surface area contributed by atoms with Crippen LogP contribution in [0.25, 0.3) is 0 Å². The summed E-state index contributed by atoms with van der Waals surface area (Å²) in [6, 6.07) is 3.90. The second-order valence-electron chi connectivity index (χ2n) is 3.55. The molecule has 0 aliphatic carbocycles. The highest BCUT2D eigenvalue weighted by Crippen LogP contribution is 2.11. The van der Waals surface area contributed by atoms with Gasteiger partial charge < -0.3 is 19.2 Å². The fraction of sp³-hybridized carbons (Fsp3) is 0.583. The Labute approximate surface area is 101 Å². The highest BCUT2D eigenvalue weighted by molar-refractivity contribution is 5.70. The number of ether oxygens (including phenoxy) is 2. The van der Waals surface area contributed by atoms with Crippen LogP contribution in [0.3, 0.4) is 0 Å². The minimum atomic E-state index is -0.327. The van der Waals surface area contributed by atoms with Crippen LogP contribution in [0, 0.1) is 0 Å².